The SMILES string of the molecule is C=CCN1CCN(C(=O)c2coc(COc3ccc4c(c3)C(c3cccc(F)c3)N(C(C)=O)CC4)n2)CC1. The van der Waals surface area contributed by atoms with Gasteiger partial charge in [0.15, 0.2) is 12.3 Å². The molecular formula is C29H31FN4O4. The van der Waals surface area contributed by atoms with Crippen molar-refractivity contribution in [1.29, 1.82) is 0 Å². The van der Waals surface area contributed by atoms with Gasteiger partial charge in [-0.1, -0.05) is 24.3 Å². The van der Waals surface area contributed by atoms with Crippen molar-refractivity contribution in [3.8, 4) is 5.75 Å². The quantitative estimate of drug-likeness (QED) is 0.443. The topological polar surface area (TPSA) is 79.1 Å². The molecule has 3 aromatic rings. The number of piperazine rings is 1. The van der Waals surface area contributed by atoms with E-state index in [4.69, 9.17) is 9.15 Å². The highest BCUT2D eigenvalue weighted by molar-refractivity contribution is 5.92. The zero-order valence-corrected chi connectivity index (χ0v) is 21.4. The van der Waals surface area contributed by atoms with Gasteiger partial charge in [0.2, 0.25) is 11.8 Å². The van der Waals surface area contributed by atoms with Crippen LogP contribution in [0.25, 0.3) is 0 Å². The van der Waals surface area contributed by atoms with Crippen LogP contribution >= 0.6 is 0 Å². The van der Waals surface area contributed by atoms with Crippen molar-refractivity contribution in [1.82, 2.24) is 19.7 Å². The third-order valence-corrected chi connectivity index (χ3v) is 7.09. The minimum absolute atomic E-state index is 0.0419. The van der Waals surface area contributed by atoms with Gasteiger partial charge in [-0.3, -0.25) is 14.5 Å². The van der Waals surface area contributed by atoms with Crippen LogP contribution in [0.4, 0.5) is 4.39 Å². The number of oxazole rings is 1. The Balaban J connectivity index is 1.28. The summed E-state index contributed by atoms with van der Waals surface area (Å²) in [7, 11) is 0. The van der Waals surface area contributed by atoms with Crippen LogP contribution in [0.2, 0.25) is 0 Å². The molecule has 0 saturated carbocycles. The first kappa shape index (κ1) is 25.7. The largest absolute Gasteiger partial charge is 0.484 e. The maximum absolute atomic E-state index is 14.1. The fraction of sp³-hybridized carbons (Fsp3) is 0.345. The van der Waals surface area contributed by atoms with E-state index >= 15 is 0 Å². The predicted molar refractivity (Wildman–Crippen MR) is 139 cm³/mol. The summed E-state index contributed by atoms with van der Waals surface area (Å²) in [5, 5.41) is 0. The second kappa shape index (κ2) is 11.2. The van der Waals surface area contributed by atoms with Gasteiger partial charge in [-0.15, -0.1) is 6.58 Å². The summed E-state index contributed by atoms with van der Waals surface area (Å²) in [4.78, 5) is 35.4. The molecule has 1 fully saturated rings. The number of halogens is 1. The molecule has 1 unspecified atom stereocenters. The van der Waals surface area contributed by atoms with E-state index in [-0.39, 0.29) is 29.9 Å². The Bertz CT molecular complexity index is 1330. The summed E-state index contributed by atoms with van der Waals surface area (Å²) in [6.45, 7) is 9.55. The van der Waals surface area contributed by atoms with Crippen molar-refractivity contribution in [3.63, 3.8) is 0 Å². The average Bonchev–Trinajstić information content (AvgIpc) is 3.40. The molecule has 198 valence electrons. The van der Waals surface area contributed by atoms with Crippen LogP contribution in [0.5, 0.6) is 5.75 Å². The van der Waals surface area contributed by atoms with Crippen molar-refractivity contribution in [2.24, 2.45) is 0 Å². The van der Waals surface area contributed by atoms with Gasteiger partial charge in [0, 0.05) is 46.2 Å². The van der Waals surface area contributed by atoms with Crippen molar-refractivity contribution >= 4 is 11.8 Å². The Morgan fingerprint density at radius 3 is 2.71 bits per heavy atom. The fourth-order valence-electron chi connectivity index (χ4n) is 5.16. The molecule has 0 aliphatic carbocycles. The average molecular weight is 519 g/mol. The van der Waals surface area contributed by atoms with Gasteiger partial charge in [0.05, 0.1) is 6.04 Å². The van der Waals surface area contributed by atoms with Gasteiger partial charge in [-0.25, -0.2) is 9.37 Å². The molecule has 9 heteroatoms. The number of hydrogen-bond donors (Lipinski definition) is 0. The predicted octanol–water partition coefficient (Wildman–Crippen LogP) is 3.83. The first-order chi connectivity index (χ1) is 18.4. The van der Waals surface area contributed by atoms with Crippen LogP contribution in [0.3, 0.4) is 0 Å². The van der Waals surface area contributed by atoms with Gasteiger partial charge in [-0.05, 0) is 47.4 Å². The highest BCUT2D eigenvalue weighted by atomic mass is 19.1. The van der Waals surface area contributed by atoms with Gasteiger partial charge in [-0.2, -0.15) is 0 Å². The van der Waals surface area contributed by atoms with E-state index in [0.717, 1.165) is 30.8 Å². The van der Waals surface area contributed by atoms with E-state index in [1.807, 2.05) is 30.3 Å². The van der Waals surface area contributed by atoms with E-state index in [9.17, 15) is 14.0 Å². The lowest BCUT2D eigenvalue weighted by molar-refractivity contribution is -0.130. The van der Waals surface area contributed by atoms with Gasteiger partial charge < -0.3 is 19.0 Å². The number of nitrogens with zero attached hydrogens (tertiary/aromatic N) is 4. The Morgan fingerprint density at radius 2 is 1.97 bits per heavy atom. The molecule has 3 heterocycles. The van der Waals surface area contributed by atoms with Crippen LogP contribution in [0, 0.1) is 5.82 Å². The van der Waals surface area contributed by atoms with Crippen LogP contribution in [0.15, 0.2) is 65.8 Å². The maximum Gasteiger partial charge on any atom is 0.275 e. The molecule has 1 aromatic heterocycles. The highest BCUT2D eigenvalue weighted by Crippen LogP contribution is 2.37. The number of carbonyl (C=O) groups excluding carboxylic acids is 2. The Morgan fingerprint density at radius 1 is 1.16 bits per heavy atom. The van der Waals surface area contributed by atoms with Crippen molar-refractivity contribution in [3.05, 3.63) is 95.5 Å². The number of hydrogen-bond acceptors (Lipinski definition) is 6. The lowest BCUT2D eigenvalue weighted by atomic mass is 9.88. The highest BCUT2D eigenvalue weighted by Gasteiger charge is 2.31. The summed E-state index contributed by atoms with van der Waals surface area (Å²) in [6.07, 6.45) is 3.94. The molecule has 0 spiro atoms. The van der Waals surface area contributed by atoms with Gasteiger partial charge in [0.25, 0.3) is 5.91 Å². The Hall–Kier alpha value is -3.98. The summed E-state index contributed by atoms with van der Waals surface area (Å²) < 4.78 is 25.5. The molecular weight excluding hydrogens is 487 g/mol. The number of amides is 2. The monoisotopic (exact) mass is 518 g/mol. The van der Waals surface area contributed by atoms with Crippen molar-refractivity contribution < 1.29 is 23.1 Å². The molecule has 2 aliphatic rings. The maximum atomic E-state index is 14.1. The minimum atomic E-state index is -0.409. The lowest BCUT2D eigenvalue weighted by Crippen LogP contribution is -2.48. The normalized spacial score (nSPS) is 17.7. The molecule has 2 amide bonds. The van der Waals surface area contributed by atoms with Crippen LogP contribution < -0.4 is 4.74 Å². The summed E-state index contributed by atoms with van der Waals surface area (Å²) in [6, 6.07) is 11.7. The van der Waals surface area contributed by atoms with E-state index in [1.54, 1.807) is 15.9 Å². The molecule has 2 aromatic carbocycles. The first-order valence-electron chi connectivity index (χ1n) is 12.8. The smallest absolute Gasteiger partial charge is 0.275 e. The van der Waals surface area contributed by atoms with E-state index in [1.165, 1.54) is 25.3 Å². The molecule has 0 bridgehead atoms. The van der Waals surface area contributed by atoms with E-state index < -0.39 is 6.04 Å². The lowest BCUT2D eigenvalue weighted by Gasteiger charge is -2.37. The number of benzene rings is 2. The molecule has 0 radical (unpaired) electrons. The molecule has 1 atom stereocenters. The van der Waals surface area contributed by atoms with Gasteiger partial charge in [0.1, 0.15) is 17.8 Å². The zero-order chi connectivity index (χ0) is 26.6. The fourth-order valence-corrected chi connectivity index (χ4v) is 5.16. The molecule has 8 nitrogen and oxygen atoms in total. The number of rotatable bonds is 7. The van der Waals surface area contributed by atoms with Crippen LogP contribution in [0.1, 0.15) is 46.0 Å². The Kier molecular flexibility index (Phi) is 7.55. The molecule has 2 aliphatic heterocycles. The number of ether oxygens (including phenoxy) is 1. The number of carbonyl (C=O) groups is 2. The van der Waals surface area contributed by atoms with Gasteiger partial charge >= 0.3 is 0 Å². The molecule has 1 saturated heterocycles. The van der Waals surface area contributed by atoms with Crippen molar-refractivity contribution in [2.45, 2.75) is 26.0 Å². The third kappa shape index (κ3) is 5.47. The molecule has 5 rings (SSSR count). The van der Waals surface area contributed by atoms with E-state index in [2.05, 4.69) is 16.5 Å². The standard InChI is InChI=1S/C29H31FN4O4/c1-3-10-32-12-14-33(15-13-32)29(36)26-18-38-27(31-26)19-37-24-8-7-21-9-11-34(20(2)35)28(25(21)17-24)22-5-4-6-23(30)16-22/h3-8,16-18,28H,1,9-15,19H2,2H3. The van der Waals surface area contributed by atoms with E-state index in [0.29, 0.717) is 43.3 Å². The van der Waals surface area contributed by atoms with Crippen molar-refractivity contribution in [2.75, 3.05) is 39.3 Å². The van der Waals surface area contributed by atoms with Crippen LogP contribution in [-0.4, -0.2) is 70.8 Å². The second-order valence-corrected chi connectivity index (χ2v) is 9.58. The third-order valence-electron chi connectivity index (χ3n) is 7.09. The Labute approximate surface area is 221 Å². The summed E-state index contributed by atoms with van der Waals surface area (Å²) in [5.41, 5.74) is 2.95. The first-order valence-corrected chi connectivity index (χ1v) is 12.8. The molecule has 38 heavy (non-hydrogen) atoms. The van der Waals surface area contributed by atoms with Crippen LogP contribution in [-0.2, 0) is 17.8 Å². The number of aromatic nitrogens is 1. The summed E-state index contributed by atoms with van der Waals surface area (Å²) >= 11 is 0. The minimum Gasteiger partial charge on any atom is -0.484 e. The molecule has 0 N–H and O–H groups in total. The second-order valence-electron chi connectivity index (χ2n) is 9.58. The zero-order valence-electron chi connectivity index (χ0n) is 21.4. The summed E-state index contributed by atoms with van der Waals surface area (Å²) in [5.74, 6) is 0.284. The number of fused-ring (bicyclic) bond motifs is 1.